The maximum Gasteiger partial charge on any atom is 0.248 e. The Morgan fingerprint density at radius 3 is 2.52 bits per heavy atom. The Hall–Kier alpha value is -2.73. The summed E-state index contributed by atoms with van der Waals surface area (Å²) in [5.74, 6) is -0.656. The van der Waals surface area contributed by atoms with Gasteiger partial charge in [0.1, 0.15) is 0 Å². The topological polar surface area (TPSA) is 97.1 Å². The Bertz CT molecular complexity index is 611. The zero-order valence-electron chi connectivity index (χ0n) is 11.4. The van der Waals surface area contributed by atoms with E-state index in [9.17, 15) is 9.59 Å². The van der Waals surface area contributed by atoms with Crippen molar-refractivity contribution in [3.8, 4) is 0 Å². The van der Waals surface area contributed by atoms with E-state index < -0.39 is 5.91 Å². The van der Waals surface area contributed by atoms with Gasteiger partial charge < -0.3 is 16.4 Å². The highest BCUT2D eigenvalue weighted by atomic mass is 16.2. The third-order valence-corrected chi connectivity index (χ3v) is 2.79. The van der Waals surface area contributed by atoms with E-state index in [1.807, 2.05) is 12.1 Å². The highest BCUT2D eigenvalue weighted by Gasteiger charge is 2.04. The normalized spacial score (nSPS) is 10.1. The van der Waals surface area contributed by atoms with E-state index in [4.69, 9.17) is 5.73 Å². The summed E-state index contributed by atoms with van der Waals surface area (Å²) in [5.41, 5.74) is 7.18. The minimum atomic E-state index is -0.494. The van der Waals surface area contributed by atoms with Gasteiger partial charge in [-0.05, 0) is 35.9 Å². The van der Waals surface area contributed by atoms with Crippen LogP contribution in [-0.4, -0.2) is 23.3 Å². The predicted octanol–water partition coefficient (Wildman–Crippen LogP) is 0.909. The number of amides is 2. The molecule has 2 aromatic rings. The molecule has 1 aromatic heterocycles. The molecule has 1 heterocycles. The zero-order valence-corrected chi connectivity index (χ0v) is 11.4. The van der Waals surface area contributed by atoms with E-state index in [-0.39, 0.29) is 12.5 Å². The smallest absolute Gasteiger partial charge is 0.248 e. The Morgan fingerprint density at radius 2 is 1.90 bits per heavy atom. The zero-order chi connectivity index (χ0) is 15.1. The molecular weight excluding hydrogens is 268 g/mol. The summed E-state index contributed by atoms with van der Waals surface area (Å²) in [5, 5.41) is 5.75. The second-order valence-corrected chi connectivity index (χ2v) is 4.45. The van der Waals surface area contributed by atoms with E-state index in [1.165, 1.54) is 0 Å². The van der Waals surface area contributed by atoms with E-state index in [0.29, 0.717) is 17.8 Å². The molecule has 21 heavy (non-hydrogen) atoms. The van der Waals surface area contributed by atoms with Crippen molar-refractivity contribution in [3.05, 3.63) is 59.9 Å². The number of hydrogen-bond donors (Lipinski definition) is 3. The minimum Gasteiger partial charge on any atom is -0.366 e. The number of aromatic nitrogens is 1. The lowest BCUT2D eigenvalue weighted by Crippen LogP contribution is -2.27. The van der Waals surface area contributed by atoms with Gasteiger partial charge in [-0.1, -0.05) is 6.07 Å². The lowest BCUT2D eigenvalue weighted by molar-refractivity contribution is -0.115. The van der Waals surface area contributed by atoms with Gasteiger partial charge in [-0.15, -0.1) is 0 Å². The average Bonchev–Trinajstić information content (AvgIpc) is 2.49. The van der Waals surface area contributed by atoms with Gasteiger partial charge in [0.15, 0.2) is 0 Å². The second-order valence-electron chi connectivity index (χ2n) is 4.45. The summed E-state index contributed by atoms with van der Waals surface area (Å²) in [6.07, 6.45) is 3.44. The SMILES string of the molecule is NC(=O)c1ccc(NC(=O)CNCc2cccnc2)cc1. The third-order valence-electron chi connectivity index (χ3n) is 2.79. The van der Waals surface area contributed by atoms with Crippen molar-refractivity contribution in [1.82, 2.24) is 10.3 Å². The van der Waals surface area contributed by atoms with E-state index in [1.54, 1.807) is 36.7 Å². The number of primary amides is 1. The molecule has 0 spiro atoms. The second kappa shape index (κ2) is 7.16. The summed E-state index contributed by atoms with van der Waals surface area (Å²) < 4.78 is 0. The largest absolute Gasteiger partial charge is 0.366 e. The summed E-state index contributed by atoms with van der Waals surface area (Å²) >= 11 is 0. The van der Waals surface area contributed by atoms with E-state index in [2.05, 4.69) is 15.6 Å². The molecule has 0 atom stereocenters. The number of rotatable bonds is 6. The van der Waals surface area contributed by atoms with Crippen molar-refractivity contribution in [1.29, 1.82) is 0 Å². The maximum atomic E-state index is 11.7. The molecule has 0 radical (unpaired) electrons. The molecule has 1 aromatic carbocycles. The molecule has 6 heteroatoms. The third kappa shape index (κ3) is 4.70. The highest BCUT2D eigenvalue weighted by molar-refractivity contribution is 5.95. The number of nitrogens with zero attached hydrogens (tertiary/aromatic N) is 1. The molecule has 108 valence electrons. The Labute approximate surface area is 122 Å². The molecule has 0 aliphatic carbocycles. The Morgan fingerprint density at radius 1 is 1.14 bits per heavy atom. The Balaban J connectivity index is 1.78. The van der Waals surface area contributed by atoms with Crippen LogP contribution in [0.2, 0.25) is 0 Å². The van der Waals surface area contributed by atoms with Crippen LogP contribution in [0.1, 0.15) is 15.9 Å². The van der Waals surface area contributed by atoms with Crippen LogP contribution in [0.25, 0.3) is 0 Å². The van der Waals surface area contributed by atoms with Gasteiger partial charge in [-0.25, -0.2) is 0 Å². The molecule has 0 saturated carbocycles. The lowest BCUT2D eigenvalue weighted by Gasteiger charge is -2.07. The first kappa shape index (κ1) is 14.7. The Kier molecular flexibility index (Phi) is 5.00. The standard InChI is InChI=1S/C15H16N4O2/c16-15(21)12-3-5-13(6-4-12)19-14(20)10-18-9-11-2-1-7-17-8-11/h1-8,18H,9-10H2,(H2,16,21)(H,19,20). The molecule has 0 unspecified atom stereocenters. The maximum absolute atomic E-state index is 11.7. The number of pyridine rings is 1. The fraction of sp³-hybridized carbons (Fsp3) is 0.133. The number of anilines is 1. The van der Waals surface area contributed by atoms with Gasteiger partial charge in [0.05, 0.1) is 6.54 Å². The lowest BCUT2D eigenvalue weighted by atomic mass is 10.2. The summed E-state index contributed by atoms with van der Waals surface area (Å²) in [6.45, 7) is 0.758. The average molecular weight is 284 g/mol. The molecule has 6 nitrogen and oxygen atoms in total. The van der Waals surface area contributed by atoms with Gasteiger partial charge in [0.25, 0.3) is 0 Å². The summed E-state index contributed by atoms with van der Waals surface area (Å²) in [7, 11) is 0. The van der Waals surface area contributed by atoms with Gasteiger partial charge in [0.2, 0.25) is 11.8 Å². The highest BCUT2D eigenvalue weighted by Crippen LogP contribution is 2.08. The minimum absolute atomic E-state index is 0.161. The number of carbonyl (C=O) groups is 2. The first-order valence-corrected chi connectivity index (χ1v) is 6.44. The van der Waals surface area contributed by atoms with Crippen molar-refractivity contribution in [2.45, 2.75) is 6.54 Å². The van der Waals surface area contributed by atoms with Gasteiger partial charge >= 0.3 is 0 Å². The molecule has 0 aliphatic rings. The van der Waals surface area contributed by atoms with Crippen LogP contribution >= 0.6 is 0 Å². The predicted molar refractivity (Wildman–Crippen MR) is 79.5 cm³/mol. The van der Waals surface area contributed by atoms with Crippen molar-refractivity contribution in [3.63, 3.8) is 0 Å². The van der Waals surface area contributed by atoms with Crippen LogP contribution < -0.4 is 16.4 Å². The molecule has 2 amide bonds. The van der Waals surface area contributed by atoms with E-state index >= 15 is 0 Å². The molecule has 0 bridgehead atoms. The fourth-order valence-corrected chi connectivity index (χ4v) is 1.75. The summed E-state index contributed by atoms with van der Waals surface area (Å²) in [6, 6.07) is 10.2. The molecule has 0 fully saturated rings. The van der Waals surface area contributed by atoms with Gasteiger partial charge in [-0.3, -0.25) is 14.6 Å². The van der Waals surface area contributed by atoms with Crippen LogP contribution in [0.5, 0.6) is 0 Å². The van der Waals surface area contributed by atoms with Crippen LogP contribution in [0.4, 0.5) is 5.69 Å². The van der Waals surface area contributed by atoms with Crippen LogP contribution in [0, 0.1) is 0 Å². The number of nitrogens with two attached hydrogens (primary N) is 1. The quantitative estimate of drug-likeness (QED) is 0.734. The monoisotopic (exact) mass is 284 g/mol. The number of nitrogens with one attached hydrogen (secondary N) is 2. The molecule has 4 N–H and O–H groups in total. The molecule has 2 rings (SSSR count). The fourth-order valence-electron chi connectivity index (χ4n) is 1.75. The van der Waals surface area contributed by atoms with Gasteiger partial charge in [0, 0.05) is 30.2 Å². The van der Waals surface area contributed by atoms with Crippen molar-refractivity contribution >= 4 is 17.5 Å². The molecule has 0 aliphatic heterocycles. The van der Waals surface area contributed by atoms with Crippen LogP contribution in [-0.2, 0) is 11.3 Å². The van der Waals surface area contributed by atoms with Crippen LogP contribution in [0.15, 0.2) is 48.8 Å². The number of hydrogen-bond acceptors (Lipinski definition) is 4. The number of benzene rings is 1. The molecular formula is C15H16N4O2. The van der Waals surface area contributed by atoms with Crippen molar-refractivity contribution < 1.29 is 9.59 Å². The molecule has 0 saturated heterocycles. The first-order chi connectivity index (χ1) is 10.1. The summed E-state index contributed by atoms with van der Waals surface area (Å²) in [4.78, 5) is 26.7. The van der Waals surface area contributed by atoms with Crippen molar-refractivity contribution in [2.24, 2.45) is 5.73 Å². The number of carbonyl (C=O) groups excluding carboxylic acids is 2. The van der Waals surface area contributed by atoms with Gasteiger partial charge in [-0.2, -0.15) is 0 Å². The van der Waals surface area contributed by atoms with E-state index in [0.717, 1.165) is 5.56 Å². The first-order valence-electron chi connectivity index (χ1n) is 6.44. The van der Waals surface area contributed by atoms with Crippen LogP contribution in [0.3, 0.4) is 0 Å². The van der Waals surface area contributed by atoms with Crippen molar-refractivity contribution in [2.75, 3.05) is 11.9 Å².